The number of benzene rings is 1. The number of fused-ring (bicyclic) bond motifs is 1. The lowest BCUT2D eigenvalue weighted by Gasteiger charge is -2.13. The van der Waals surface area contributed by atoms with Gasteiger partial charge in [-0.3, -0.25) is 9.78 Å². The maximum Gasteiger partial charge on any atom is 0.416 e. The SMILES string of the molecule is Nc1nc2nc(SCc3cc(C(F)(F)F)cc(C(F)(F)F)c3)[nH]c2c(=O)[nH]1. The molecule has 0 fully saturated rings. The highest BCUT2D eigenvalue weighted by Gasteiger charge is 2.36. The molecule has 2 aromatic heterocycles. The number of aromatic nitrogens is 4. The Kier molecular flexibility index (Phi) is 4.57. The number of nitrogens with zero attached hydrogens (tertiary/aromatic N) is 2. The largest absolute Gasteiger partial charge is 0.416 e. The van der Waals surface area contributed by atoms with E-state index < -0.39 is 29.0 Å². The lowest BCUT2D eigenvalue weighted by molar-refractivity contribution is -0.143. The van der Waals surface area contributed by atoms with Gasteiger partial charge in [0.1, 0.15) is 0 Å². The molecule has 3 rings (SSSR count). The van der Waals surface area contributed by atoms with Crippen molar-refractivity contribution in [2.24, 2.45) is 0 Å². The van der Waals surface area contributed by atoms with Gasteiger partial charge in [0, 0.05) is 5.75 Å². The number of nitrogens with one attached hydrogen (secondary N) is 2. The van der Waals surface area contributed by atoms with Gasteiger partial charge in [-0.2, -0.15) is 31.3 Å². The molecule has 0 atom stereocenters. The van der Waals surface area contributed by atoms with E-state index in [1.54, 1.807) is 0 Å². The number of nitrogen functional groups attached to an aromatic ring is 1. The molecule has 0 aliphatic carbocycles. The van der Waals surface area contributed by atoms with Crippen molar-refractivity contribution in [2.75, 3.05) is 5.73 Å². The van der Waals surface area contributed by atoms with E-state index in [0.717, 1.165) is 11.8 Å². The van der Waals surface area contributed by atoms with Crippen LogP contribution in [0, 0.1) is 0 Å². The minimum atomic E-state index is -4.92. The van der Waals surface area contributed by atoms with Crippen LogP contribution in [0.3, 0.4) is 0 Å². The van der Waals surface area contributed by atoms with Gasteiger partial charge < -0.3 is 10.7 Å². The van der Waals surface area contributed by atoms with E-state index in [-0.39, 0.29) is 39.7 Å². The summed E-state index contributed by atoms with van der Waals surface area (Å²) in [5, 5.41) is 0.0968. The standard InChI is InChI=1S/C14H9F6N5OS/c15-13(16,17)6-1-5(2-7(3-6)14(18,19)20)4-27-12-22-8-9(24-12)23-11(21)25-10(8)26/h1-3H,4H2,(H4,21,22,23,24,25,26). The number of H-pyrrole nitrogens is 2. The lowest BCUT2D eigenvalue weighted by atomic mass is 10.1. The topological polar surface area (TPSA) is 100 Å². The zero-order chi connectivity index (χ0) is 20.0. The first-order valence-electron chi connectivity index (χ1n) is 7.10. The predicted molar refractivity (Wildman–Crippen MR) is 84.9 cm³/mol. The van der Waals surface area contributed by atoms with Gasteiger partial charge >= 0.3 is 12.4 Å². The maximum atomic E-state index is 12.9. The van der Waals surface area contributed by atoms with Crippen LogP contribution in [0.25, 0.3) is 11.2 Å². The first-order chi connectivity index (χ1) is 12.4. The summed E-state index contributed by atoms with van der Waals surface area (Å²) in [7, 11) is 0. The van der Waals surface area contributed by atoms with Crippen LogP contribution < -0.4 is 11.3 Å². The molecule has 0 saturated carbocycles. The number of hydrogen-bond donors (Lipinski definition) is 3. The van der Waals surface area contributed by atoms with Crippen LogP contribution in [0.2, 0.25) is 0 Å². The van der Waals surface area contributed by atoms with Crippen LogP contribution in [0.1, 0.15) is 16.7 Å². The number of hydrogen-bond acceptors (Lipinski definition) is 5. The van der Waals surface area contributed by atoms with Crippen molar-refractivity contribution in [3.8, 4) is 0 Å². The molecule has 0 bridgehead atoms. The van der Waals surface area contributed by atoms with Crippen LogP contribution in [0.4, 0.5) is 32.3 Å². The highest BCUT2D eigenvalue weighted by molar-refractivity contribution is 7.98. The third kappa shape index (κ3) is 4.18. The van der Waals surface area contributed by atoms with Crippen molar-refractivity contribution in [1.29, 1.82) is 0 Å². The molecule has 144 valence electrons. The molecule has 0 saturated heterocycles. The number of alkyl halides is 6. The smallest absolute Gasteiger partial charge is 0.369 e. The number of thioether (sulfide) groups is 1. The Hall–Kier alpha value is -2.70. The summed E-state index contributed by atoms with van der Waals surface area (Å²) in [5.41, 5.74) is 1.75. The van der Waals surface area contributed by atoms with E-state index in [1.165, 1.54) is 0 Å². The van der Waals surface area contributed by atoms with Gasteiger partial charge in [0.05, 0.1) is 11.1 Å². The molecule has 6 nitrogen and oxygen atoms in total. The number of aromatic amines is 2. The Morgan fingerprint density at radius 2 is 1.56 bits per heavy atom. The monoisotopic (exact) mass is 409 g/mol. The molecule has 0 amide bonds. The normalized spacial score (nSPS) is 12.7. The Morgan fingerprint density at radius 1 is 0.963 bits per heavy atom. The minimum absolute atomic E-state index is 0.00766. The highest BCUT2D eigenvalue weighted by Crippen LogP contribution is 2.37. The molecular formula is C14H9F6N5OS. The zero-order valence-electron chi connectivity index (χ0n) is 13.0. The summed E-state index contributed by atoms with van der Waals surface area (Å²) in [5.74, 6) is -0.427. The molecule has 13 heteroatoms. The minimum Gasteiger partial charge on any atom is -0.369 e. The first-order valence-corrected chi connectivity index (χ1v) is 8.09. The third-order valence-electron chi connectivity index (χ3n) is 3.38. The van der Waals surface area contributed by atoms with Crippen molar-refractivity contribution < 1.29 is 26.3 Å². The summed E-state index contributed by atoms with van der Waals surface area (Å²) in [6.07, 6.45) is -9.84. The summed E-state index contributed by atoms with van der Waals surface area (Å²) >= 11 is 0.818. The fourth-order valence-corrected chi connectivity index (χ4v) is 3.02. The van der Waals surface area contributed by atoms with Crippen LogP contribution in [0.15, 0.2) is 28.2 Å². The molecule has 0 unspecified atom stereocenters. The summed E-state index contributed by atoms with van der Waals surface area (Å²) < 4.78 is 77.2. The number of anilines is 1. The van der Waals surface area contributed by atoms with Crippen molar-refractivity contribution in [3.63, 3.8) is 0 Å². The van der Waals surface area contributed by atoms with Gasteiger partial charge in [-0.1, -0.05) is 11.8 Å². The molecule has 27 heavy (non-hydrogen) atoms. The molecule has 4 N–H and O–H groups in total. The van der Waals surface area contributed by atoms with E-state index >= 15 is 0 Å². The molecule has 0 aliphatic heterocycles. The number of imidazole rings is 1. The van der Waals surface area contributed by atoms with Crippen LogP contribution in [-0.4, -0.2) is 19.9 Å². The van der Waals surface area contributed by atoms with Gasteiger partial charge in [0.15, 0.2) is 16.3 Å². The second-order valence-electron chi connectivity index (χ2n) is 5.39. The zero-order valence-corrected chi connectivity index (χ0v) is 13.8. The fourth-order valence-electron chi connectivity index (χ4n) is 2.23. The van der Waals surface area contributed by atoms with Crippen molar-refractivity contribution in [3.05, 3.63) is 45.2 Å². The molecule has 2 heterocycles. The number of halogens is 6. The van der Waals surface area contributed by atoms with E-state index in [2.05, 4.69) is 19.9 Å². The molecular weight excluding hydrogens is 400 g/mol. The highest BCUT2D eigenvalue weighted by atomic mass is 32.2. The summed E-state index contributed by atoms with van der Waals surface area (Å²) in [4.78, 5) is 24.2. The lowest BCUT2D eigenvalue weighted by Crippen LogP contribution is -2.11. The quantitative estimate of drug-likeness (QED) is 0.454. The Morgan fingerprint density at radius 3 is 2.11 bits per heavy atom. The van der Waals surface area contributed by atoms with Crippen molar-refractivity contribution in [1.82, 2.24) is 19.9 Å². The molecule has 0 radical (unpaired) electrons. The average molecular weight is 409 g/mol. The second-order valence-corrected chi connectivity index (χ2v) is 6.36. The van der Waals surface area contributed by atoms with Gasteiger partial charge in [0.25, 0.3) is 5.56 Å². The maximum absolute atomic E-state index is 12.9. The number of rotatable bonds is 3. The number of nitrogens with two attached hydrogens (primary N) is 1. The Labute approximate surface area is 150 Å². The van der Waals surface area contributed by atoms with Gasteiger partial charge in [0.2, 0.25) is 5.95 Å². The van der Waals surface area contributed by atoms with E-state index in [9.17, 15) is 31.1 Å². The van der Waals surface area contributed by atoms with Crippen LogP contribution >= 0.6 is 11.8 Å². The average Bonchev–Trinajstić information content (AvgIpc) is 2.94. The molecule has 0 spiro atoms. The van der Waals surface area contributed by atoms with Crippen molar-refractivity contribution in [2.45, 2.75) is 23.3 Å². The Balaban J connectivity index is 1.91. The second kappa shape index (κ2) is 6.48. The summed E-state index contributed by atoms with van der Waals surface area (Å²) in [6, 6.07) is 1.32. The molecule has 3 aromatic rings. The van der Waals surface area contributed by atoms with Crippen LogP contribution in [0.5, 0.6) is 0 Å². The van der Waals surface area contributed by atoms with Gasteiger partial charge in [-0.15, -0.1) is 0 Å². The first kappa shape index (κ1) is 19.1. The Bertz CT molecular complexity index is 1020. The van der Waals surface area contributed by atoms with E-state index in [1.807, 2.05) is 0 Å². The third-order valence-corrected chi connectivity index (χ3v) is 4.33. The van der Waals surface area contributed by atoms with Gasteiger partial charge in [-0.25, -0.2) is 4.98 Å². The van der Waals surface area contributed by atoms with Crippen molar-refractivity contribution >= 4 is 28.9 Å². The molecule has 1 aromatic carbocycles. The predicted octanol–water partition coefficient (Wildman–Crippen LogP) is 3.56. The fraction of sp³-hybridized carbons (Fsp3) is 0.214. The van der Waals surface area contributed by atoms with Gasteiger partial charge in [-0.05, 0) is 23.8 Å². The summed E-state index contributed by atoms with van der Waals surface area (Å²) in [6.45, 7) is 0. The van der Waals surface area contributed by atoms with Crippen LogP contribution in [-0.2, 0) is 18.1 Å². The molecule has 0 aliphatic rings. The van der Waals surface area contributed by atoms with E-state index in [4.69, 9.17) is 5.73 Å². The van der Waals surface area contributed by atoms with E-state index in [0.29, 0.717) is 12.1 Å².